The summed E-state index contributed by atoms with van der Waals surface area (Å²) in [6.07, 6.45) is 1.72. The topological polar surface area (TPSA) is 63.9 Å². The zero-order chi connectivity index (χ0) is 8.32. The second-order valence-electron chi connectivity index (χ2n) is 3.17. The minimum absolute atomic E-state index is 0.0920. The molecule has 0 aliphatic carbocycles. The van der Waals surface area contributed by atoms with Crippen molar-refractivity contribution in [3.8, 4) is 0 Å². The lowest BCUT2D eigenvalue weighted by molar-refractivity contribution is 0.0949. The van der Waals surface area contributed by atoms with Crippen molar-refractivity contribution in [3.63, 3.8) is 0 Å². The van der Waals surface area contributed by atoms with Crippen molar-refractivity contribution in [3.05, 3.63) is 18.0 Å². The predicted molar refractivity (Wildman–Crippen MR) is 41.8 cm³/mol. The number of aromatic amines is 1. The van der Waals surface area contributed by atoms with Crippen molar-refractivity contribution in [2.24, 2.45) is 5.90 Å². The van der Waals surface area contributed by atoms with Crippen LogP contribution in [0.3, 0.4) is 0 Å². The fourth-order valence-electron chi connectivity index (χ4n) is 0.919. The van der Waals surface area contributed by atoms with Gasteiger partial charge in [-0.15, -0.1) is 0 Å². The predicted octanol–water partition coefficient (Wildman–Crippen LogP) is 0.578. The lowest BCUT2D eigenvalue weighted by Crippen LogP contribution is -2.26. The zero-order valence-electron chi connectivity index (χ0n) is 6.79. The molecule has 1 heterocycles. The van der Waals surface area contributed by atoms with Crippen molar-refractivity contribution in [1.29, 1.82) is 0 Å². The van der Waals surface area contributed by atoms with E-state index in [-0.39, 0.29) is 5.41 Å². The Morgan fingerprint density at radius 1 is 1.73 bits per heavy atom. The fourth-order valence-corrected chi connectivity index (χ4v) is 0.919. The number of H-pyrrole nitrogens is 1. The average Bonchev–Trinajstić information content (AvgIpc) is 2.37. The van der Waals surface area contributed by atoms with E-state index < -0.39 is 0 Å². The number of nitrogens with zero attached hydrogens (tertiary/aromatic N) is 1. The Labute approximate surface area is 65.7 Å². The van der Waals surface area contributed by atoms with Gasteiger partial charge in [-0.2, -0.15) is 5.10 Å². The van der Waals surface area contributed by atoms with E-state index in [2.05, 4.69) is 15.0 Å². The Morgan fingerprint density at radius 2 is 2.45 bits per heavy atom. The smallest absolute Gasteiger partial charge is 0.0785 e. The van der Waals surface area contributed by atoms with Gasteiger partial charge in [0, 0.05) is 17.3 Å². The molecule has 0 atom stereocenters. The fraction of sp³-hybridized carbons (Fsp3) is 0.571. The van der Waals surface area contributed by atoms with Gasteiger partial charge in [0.25, 0.3) is 0 Å². The van der Waals surface area contributed by atoms with Gasteiger partial charge in [0.15, 0.2) is 0 Å². The summed E-state index contributed by atoms with van der Waals surface area (Å²) in [6.45, 7) is 4.55. The molecule has 0 amide bonds. The van der Waals surface area contributed by atoms with Crippen molar-refractivity contribution < 1.29 is 4.84 Å². The molecule has 0 aromatic carbocycles. The second kappa shape index (κ2) is 3.02. The average molecular weight is 155 g/mol. The summed E-state index contributed by atoms with van der Waals surface area (Å²) in [4.78, 5) is 4.58. The summed E-state index contributed by atoms with van der Waals surface area (Å²) >= 11 is 0. The van der Waals surface area contributed by atoms with Gasteiger partial charge in [-0.1, -0.05) is 13.8 Å². The Balaban J connectivity index is 2.73. The van der Waals surface area contributed by atoms with Crippen LogP contribution in [0.1, 0.15) is 19.5 Å². The lowest BCUT2D eigenvalue weighted by atomic mass is 9.91. The van der Waals surface area contributed by atoms with Crippen LogP contribution in [0.2, 0.25) is 0 Å². The van der Waals surface area contributed by atoms with Crippen LogP contribution in [-0.4, -0.2) is 16.8 Å². The molecule has 0 fully saturated rings. The minimum Gasteiger partial charge on any atom is -0.304 e. The molecule has 1 rings (SSSR count). The number of hydrogen-bond acceptors (Lipinski definition) is 3. The van der Waals surface area contributed by atoms with Crippen LogP contribution in [0.4, 0.5) is 0 Å². The van der Waals surface area contributed by atoms with Crippen LogP contribution in [0, 0.1) is 0 Å². The first-order valence-electron chi connectivity index (χ1n) is 3.48. The van der Waals surface area contributed by atoms with E-state index in [1.807, 2.05) is 19.9 Å². The van der Waals surface area contributed by atoms with Gasteiger partial charge in [0.05, 0.1) is 6.61 Å². The summed E-state index contributed by atoms with van der Waals surface area (Å²) < 4.78 is 0. The SMILES string of the molecule is CC(C)(CON)c1ccn[nH]1. The number of rotatable bonds is 3. The maximum absolute atomic E-state index is 4.99. The molecule has 1 aromatic heterocycles. The van der Waals surface area contributed by atoms with E-state index in [0.29, 0.717) is 6.61 Å². The minimum atomic E-state index is -0.0920. The normalized spacial score (nSPS) is 11.9. The summed E-state index contributed by atoms with van der Waals surface area (Å²) in [5, 5.41) is 6.73. The maximum Gasteiger partial charge on any atom is 0.0785 e. The third-order valence-corrected chi connectivity index (χ3v) is 1.67. The van der Waals surface area contributed by atoms with Crippen LogP contribution in [-0.2, 0) is 10.3 Å². The summed E-state index contributed by atoms with van der Waals surface area (Å²) in [7, 11) is 0. The van der Waals surface area contributed by atoms with Gasteiger partial charge in [-0.3, -0.25) is 5.10 Å². The van der Waals surface area contributed by atoms with Crippen LogP contribution in [0.5, 0.6) is 0 Å². The van der Waals surface area contributed by atoms with E-state index >= 15 is 0 Å². The molecule has 0 saturated heterocycles. The number of nitrogens with one attached hydrogen (secondary N) is 1. The van der Waals surface area contributed by atoms with Gasteiger partial charge in [0.1, 0.15) is 0 Å². The third-order valence-electron chi connectivity index (χ3n) is 1.67. The van der Waals surface area contributed by atoms with Crippen LogP contribution < -0.4 is 5.90 Å². The highest BCUT2D eigenvalue weighted by Gasteiger charge is 2.21. The first-order valence-corrected chi connectivity index (χ1v) is 3.48. The molecular formula is C7H13N3O. The van der Waals surface area contributed by atoms with Crippen LogP contribution in [0.25, 0.3) is 0 Å². The highest BCUT2D eigenvalue weighted by Crippen LogP contribution is 2.19. The van der Waals surface area contributed by atoms with Crippen molar-refractivity contribution >= 4 is 0 Å². The van der Waals surface area contributed by atoms with Gasteiger partial charge < -0.3 is 4.84 Å². The van der Waals surface area contributed by atoms with Gasteiger partial charge >= 0.3 is 0 Å². The first kappa shape index (κ1) is 8.23. The molecule has 62 valence electrons. The van der Waals surface area contributed by atoms with E-state index in [1.165, 1.54) is 0 Å². The molecule has 4 heteroatoms. The molecule has 11 heavy (non-hydrogen) atoms. The van der Waals surface area contributed by atoms with E-state index in [9.17, 15) is 0 Å². The molecule has 3 N–H and O–H groups in total. The Kier molecular flexibility index (Phi) is 2.26. The Hall–Kier alpha value is -0.870. The standard InChI is InChI=1S/C7H13N3O/c1-7(2,5-11-8)6-3-4-9-10-6/h3-4H,5,8H2,1-2H3,(H,9,10). The molecule has 0 bridgehead atoms. The molecular weight excluding hydrogens is 142 g/mol. The zero-order valence-corrected chi connectivity index (χ0v) is 6.79. The van der Waals surface area contributed by atoms with E-state index in [4.69, 9.17) is 5.90 Å². The van der Waals surface area contributed by atoms with Crippen molar-refractivity contribution in [2.75, 3.05) is 6.61 Å². The largest absolute Gasteiger partial charge is 0.304 e. The lowest BCUT2D eigenvalue weighted by Gasteiger charge is -2.20. The molecule has 0 unspecified atom stereocenters. The van der Waals surface area contributed by atoms with E-state index in [1.54, 1.807) is 6.20 Å². The number of nitrogens with two attached hydrogens (primary N) is 1. The highest BCUT2D eigenvalue weighted by molar-refractivity contribution is 5.11. The monoisotopic (exact) mass is 155 g/mol. The maximum atomic E-state index is 4.99. The first-order chi connectivity index (χ1) is 5.17. The molecule has 0 aliphatic rings. The van der Waals surface area contributed by atoms with Gasteiger partial charge in [0.2, 0.25) is 0 Å². The Bertz CT molecular complexity index is 205. The van der Waals surface area contributed by atoms with Crippen molar-refractivity contribution in [2.45, 2.75) is 19.3 Å². The quantitative estimate of drug-likeness (QED) is 0.627. The Morgan fingerprint density at radius 3 is 2.91 bits per heavy atom. The van der Waals surface area contributed by atoms with Crippen molar-refractivity contribution in [1.82, 2.24) is 10.2 Å². The second-order valence-corrected chi connectivity index (χ2v) is 3.17. The number of aromatic nitrogens is 2. The molecule has 0 saturated carbocycles. The van der Waals surface area contributed by atoms with Crippen LogP contribution in [0.15, 0.2) is 12.3 Å². The molecule has 0 spiro atoms. The third kappa shape index (κ3) is 1.78. The number of hydrogen-bond donors (Lipinski definition) is 2. The highest BCUT2D eigenvalue weighted by atomic mass is 16.6. The van der Waals surface area contributed by atoms with Gasteiger partial charge in [-0.25, -0.2) is 5.90 Å². The molecule has 0 radical (unpaired) electrons. The molecule has 1 aromatic rings. The summed E-state index contributed by atoms with van der Waals surface area (Å²) in [6, 6.07) is 1.92. The van der Waals surface area contributed by atoms with Crippen LogP contribution >= 0.6 is 0 Å². The summed E-state index contributed by atoms with van der Waals surface area (Å²) in [5.74, 6) is 4.99. The molecule has 0 aliphatic heterocycles. The molecule has 4 nitrogen and oxygen atoms in total. The van der Waals surface area contributed by atoms with E-state index in [0.717, 1.165) is 5.69 Å². The van der Waals surface area contributed by atoms with Gasteiger partial charge in [-0.05, 0) is 6.07 Å². The summed E-state index contributed by atoms with van der Waals surface area (Å²) in [5.41, 5.74) is 0.938.